The van der Waals surface area contributed by atoms with Crippen LogP contribution in [0.15, 0.2) is 132 Å². The van der Waals surface area contributed by atoms with Crippen molar-refractivity contribution >= 4 is 37.5 Å². The highest BCUT2D eigenvalue weighted by Gasteiger charge is 2.17. The molecule has 0 aromatic heterocycles. The first-order chi connectivity index (χ1) is 17.2. The molecule has 6 aromatic rings. The number of aliphatic hydroxyl groups is 1. The van der Waals surface area contributed by atoms with Gasteiger partial charge in [0.25, 0.3) is 0 Å². The number of hydrogen-bond acceptors (Lipinski definition) is 1. The maximum Gasteiger partial charge on any atom is 0.104 e. The van der Waals surface area contributed by atoms with Crippen molar-refractivity contribution in [2.75, 3.05) is 0 Å². The van der Waals surface area contributed by atoms with Gasteiger partial charge in [0, 0.05) is 4.47 Å². The Morgan fingerprint density at radius 1 is 0.457 bits per heavy atom. The highest BCUT2D eigenvalue weighted by Crippen LogP contribution is 2.43. The van der Waals surface area contributed by atoms with E-state index in [1.165, 1.54) is 38.2 Å². The van der Waals surface area contributed by atoms with E-state index >= 15 is 0 Å². The van der Waals surface area contributed by atoms with Gasteiger partial charge in [-0.25, -0.2) is 0 Å². The summed E-state index contributed by atoms with van der Waals surface area (Å²) in [5.74, 6) is 0. The Balaban J connectivity index is 1.55. The second kappa shape index (κ2) is 9.14. The minimum Gasteiger partial charge on any atom is -0.384 e. The summed E-state index contributed by atoms with van der Waals surface area (Å²) in [5, 5.41) is 15.9. The SMILES string of the molecule is OC(c1ccc(-c2c3ccccc3c(-c3ccccc3)c3ccccc23)cc1)c1cccc(Br)c1. The second-order valence-electron chi connectivity index (χ2n) is 8.79. The van der Waals surface area contributed by atoms with Crippen molar-refractivity contribution < 1.29 is 5.11 Å². The van der Waals surface area contributed by atoms with Crippen LogP contribution in [0.25, 0.3) is 43.8 Å². The van der Waals surface area contributed by atoms with Crippen molar-refractivity contribution in [3.63, 3.8) is 0 Å². The quantitative estimate of drug-likeness (QED) is 0.232. The molecule has 1 N–H and O–H groups in total. The van der Waals surface area contributed by atoms with Crippen LogP contribution in [0.3, 0.4) is 0 Å². The molecule has 0 amide bonds. The van der Waals surface area contributed by atoms with Gasteiger partial charge in [-0.3, -0.25) is 0 Å². The summed E-state index contributed by atoms with van der Waals surface area (Å²) in [6.07, 6.45) is -0.671. The molecule has 168 valence electrons. The first-order valence-corrected chi connectivity index (χ1v) is 12.5. The van der Waals surface area contributed by atoms with Gasteiger partial charge in [0.1, 0.15) is 6.10 Å². The van der Waals surface area contributed by atoms with Crippen LogP contribution in [0.1, 0.15) is 17.2 Å². The van der Waals surface area contributed by atoms with Crippen LogP contribution in [0.5, 0.6) is 0 Å². The second-order valence-corrected chi connectivity index (χ2v) is 9.70. The van der Waals surface area contributed by atoms with Crippen LogP contribution < -0.4 is 0 Å². The van der Waals surface area contributed by atoms with Gasteiger partial charge in [-0.05, 0) is 67.1 Å². The molecule has 0 radical (unpaired) electrons. The molecule has 0 saturated heterocycles. The molecule has 35 heavy (non-hydrogen) atoms. The molecule has 0 heterocycles. The molecule has 0 fully saturated rings. The van der Waals surface area contributed by atoms with E-state index < -0.39 is 6.10 Å². The fourth-order valence-electron chi connectivity index (χ4n) is 5.06. The van der Waals surface area contributed by atoms with Crippen LogP contribution >= 0.6 is 15.9 Å². The highest BCUT2D eigenvalue weighted by molar-refractivity contribution is 9.10. The molecule has 1 unspecified atom stereocenters. The third kappa shape index (κ3) is 3.95. The molecule has 1 atom stereocenters. The maximum atomic E-state index is 11.0. The van der Waals surface area contributed by atoms with E-state index in [0.717, 1.165) is 21.2 Å². The lowest BCUT2D eigenvalue weighted by Gasteiger charge is -2.18. The zero-order valence-electron chi connectivity index (χ0n) is 19.0. The molecule has 6 rings (SSSR count). The Hall–Kier alpha value is -3.72. The molecule has 0 bridgehead atoms. The van der Waals surface area contributed by atoms with Gasteiger partial charge in [-0.2, -0.15) is 0 Å². The maximum absolute atomic E-state index is 11.0. The topological polar surface area (TPSA) is 20.2 Å². The minimum absolute atomic E-state index is 0.671. The summed E-state index contributed by atoms with van der Waals surface area (Å²) in [5.41, 5.74) is 6.60. The average molecular weight is 515 g/mol. The number of benzene rings is 6. The zero-order chi connectivity index (χ0) is 23.8. The fraction of sp³-hybridized carbons (Fsp3) is 0.0303. The van der Waals surface area contributed by atoms with E-state index in [-0.39, 0.29) is 0 Å². The molecule has 0 aliphatic carbocycles. The Bertz CT molecular complexity index is 1600. The monoisotopic (exact) mass is 514 g/mol. The zero-order valence-corrected chi connectivity index (χ0v) is 20.6. The Morgan fingerprint density at radius 3 is 1.46 bits per heavy atom. The molecule has 0 saturated carbocycles. The summed E-state index contributed by atoms with van der Waals surface area (Å²) in [6.45, 7) is 0. The number of halogens is 1. The number of aliphatic hydroxyl groups excluding tert-OH is 1. The highest BCUT2D eigenvalue weighted by atomic mass is 79.9. The van der Waals surface area contributed by atoms with Crippen LogP contribution in [0.4, 0.5) is 0 Å². The lowest BCUT2D eigenvalue weighted by molar-refractivity contribution is 0.220. The Kier molecular flexibility index (Phi) is 5.69. The number of rotatable bonds is 4. The minimum atomic E-state index is -0.671. The van der Waals surface area contributed by atoms with E-state index in [9.17, 15) is 5.11 Å². The van der Waals surface area contributed by atoms with Gasteiger partial charge in [0.05, 0.1) is 0 Å². The molecule has 2 heteroatoms. The first kappa shape index (κ1) is 21.8. The van der Waals surface area contributed by atoms with Crippen molar-refractivity contribution in [3.05, 3.63) is 143 Å². The molecule has 0 spiro atoms. The van der Waals surface area contributed by atoms with Gasteiger partial charge in [0.15, 0.2) is 0 Å². The fourth-order valence-corrected chi connectivity index (χ4v) is 5.47. The lowest BCUT2D eigenvalue weighted by Crippen LogP contribution is -1.99. The van der Waals surface area contributed by atoms with E-state index in [1.807, 2.05) is 36.4 Å². The van der Waals surface area contributed by atoms with E-state index in [2.05, 4.69) is 107 Å². The Morgan fingerprint density at radius 2 is 0.943 bits per heavy atom. The standard InChI is InChI=1S/C33H23BrO/c34-26-12-8-11-25(21-26)33(35)24-19-17-23(18-20-24)32-29-15-6-4-13-27(29)31(22-9-2-1-3-10-22)28-14-5-7-16-30(28)32/h1-21,33,35H. The smallest absolute Gasteiger partial charge is 0.104 e. The third-order valence-corrected chi connectivity index (χ3v) is 7.17. The molecular weight excluding hydrogens is 492 g/mol. The van der Waals surface area contributed by atoms with Crippen LogP contribution in [-0.4, -0.2) is 5.11 Å². The number of fused-ring (bicyclic) bond motifs is 2. The van der Waals surface area contributed by atoms with E-state index in [1.54, 1.807) is 0 Å². The summed E-state index contributed by atoms with van der Waals surface area (Å²) in [7, 11) is 0. The third-order valence-electron chi connectivity index (χ3n) is 6.67. The summed E-state index contributed by atoms with van der Waals surface area (Å²) >= 11 is 3.50. The Labute approximate surface area is 213 Å². The first-order valence-electron chi connectivity index (χ1n) is 11.7. The van der Waals surface area contributed by atoms with Crippen molar-refractivity contribution in [1.29, 1.82) is 0 Å². The molecule has 0 aliphatic heterocycles. The molecule has 1 nitrogen and oxygen atoms in total. The molecular formula is C33H23BrO. The predicted octanol–water partition coefficient (Wildman–Crippen LogP) is 9.17. The number of hydrogen-bond donors (Lipinski definition) is 1. The van der Waals surface area contributed by atoms with Crippen LogP contribution in [-0.2, 0) is 0 Å². The van der Waals surface area contributed by atoms with E-state index in [4.69, 9.17) is 0 Å². The predicted molar refractivity (Wildman–Crippen MR) is 151 cm³/mol. The largest absolute Gasteiger partial charge is 0.384 e. The van der Waals surface area contributed by atoms with Crippen LogP contribution in [0, 0.1) is 0 Å². The average Bonchev–Trinajstić information content (AvgIpc) is 2.92. The van der Waals surface area contributed by atoms with E-state index in [0.29, 0.717) is 0 Å². The lowest BCUT2D eigenvalue weighted by atomic mass is 9.85. The van der Waals surface area contributed by atoms with Crippen molar-refractivity contribution in [2.24, 2.45) is 0 Å². The normalized spacial score (nSPS) is 12.2. The van der Waals surface area contributed by atoms with Crippen LogP contribution in [0.2, 0.25) is 0 Å². The summed E-state index contributed by atoms with van der Waals surface area (Å²) < 4.78 is 0.960. The van der Waals surface area contributed by atoms with Crippen molar-refractivity contribution in [2.45, 2.75) is 6.10 Å². The summed E-state index contributed by atoms with van der Waals surface area (Å²) in [6, 6.07) is 44.1. The molecule has 6 aromatic carbocycles. The van der Waals surface area contributed by atoms with Gasteiger partial charge >= 0.3 is 0 Å². The molecule has 0 aliphatic rings. The van der Waals surface area contributed by atoms with Gasteiger partial charge < -0.3 is 5.11 Å². The van der Waals surface area contributed by atoms with Gasteiger partial charge in [-0.1, -0.05) is 131 Å². The summed E-state index contributed by atoms with van der Waals surface area (Å²) in [4.78, 5) is 0. The van der Waals surface area contributed by atoms with Gasteiger partial charge in [0.2, 0.25) is 0 Å². The van der Waals surface area contributed by atoms with Gasteiger partial charge in [-0.15, -0.1) is 0 Å². The van der Waals surface area contributed by atoms with Crippen molar-refractivity contribution in [3.8, 4) is 22.3 Å². The van der Waals surface area contributed by atoms with Crippen molar-refractivity contribution in [1.82, 2.24) is 0 Å².